The fraction of sp³-hybridized carbons (Fsp3) is 0.583. The maximum absolute atomic E-state index is 15.7. The number of carbonyl (C=O) groups excluding carboxylic acids is 1. The van der Waals surface area contributed by atoms with Crippen molar-refractivity contribution < 1.29 is 18.3 Å². The molecule has 3 aliphatic rings. The minimum Gasteiger partial charge on any atom is -0.489 e. The van der Waals surface area contributed by atoms with Crippen LogP contribution in [0.4, 0.5) is 14.5 Å². The Kier molecular flexibility index (Phi) is 5.65. The highest BCUT2D eigenvalue weighted by Crippen LogP contribution is 2.48. The molecule has 0 radical (unpaired) electrons. The number of rotatable bonds is 4. The molecule has 6 nitrogen and oxygen atoms in total. The van der Waals surface area contributed by atoms with Gasteiger partial charge < -0.3 is 15.0 Å². The number of hydrogen-bond acceptors (Lipinski definition) is 4. The molecule has 172 valence electrons. The summed E-state index contributed by atoms with van der Waals surface area (Å²) in [5.74, 6) is -1.86. The molecule has 1 saturated heterocycles. The van der Waals surface area contributed by atoms with Crippen LogP contribution >= 0.6 is 0 Å². The van der Waals surface area contributed by atoms with Crippen molar-refractivity contribution in [2.75, 3.05) is 18.0 Å². The molecule has 0 spiro atoms. The fourth-order valence-corrected chi connectivity index (χ4v) is 5.14. The van der Waals surface area contributed by atoms with Crippen LogP contribution in [-0.2, 0) is 11.2 Å². The van der Waals surface area contributed by atoms with Crippen LogP contribution in [0.2, 0.25) is 0 Å². The number of fused-ring (bicyclic) bond motifs is 1. The molecule has 1 atom stereocenters. The summed E-state index contributed by atoms with van der Waals surface area (Å²) < 4.78 is 39.4. The van der Waals surface area contributed by atoms with Gasteiger partial charge in [-0.1, -0.05) is 0 Å². The summed E-state index contributed by atoms with van der Waals surface area (Å²) in [6, 6.07) is 0.0413. The van der Waals surface area contributed by atoms with Crippen molar-refractivity contribution in [3.05, 3.63) is 29.6 Å². The van der Waals surface area contributed by atoms with Gasteiger partial charge in [0.05, 0.1) is 29.6 Å². The highest BCUT2D eigenvalue weighted by atomic mass is 19.2. The summed E-state index contributed by atoms with van der Waals surface area (Å²) in [5, 5.41) is 7.82. The number of piperidine rings is 1. The molecular weight excluding hydrogens is 414 g/mol. The van der Waals surface area contributed by atoms with Crippen LogP contribution in [0, 0.1) is 11.6 Å². The zero-order valence-corrected chi connectivity index (χ0v) is 18.7. The monoisotopic (exact) mass is 444 g/mol. The number of aromatic nitrogens is 2. The van der Waals surface area contributed by atoms with Gasteiger partial charge in [0.1, 0.15) is 5.75 Å². The van der Waals surface area contributed by atoms with Crippen molar-refractivity contribution in [2.24, 2.45) is 0 Å². The van der Waals surface area contributed by atoms with Gasteiger partial charge in [-0.2, -0.15) is 5.10 Å². The lowest BCUT2D eigenvalue weighted by molar-refractivity contribution is -0.117. The zero-order valence-electron chi connectivity index (χ0n) is 18.7. The van der Waals surface area contributed by atoms with E-state index in [1.165, 1.54) is 11.8 Å². The Morgan fingerprint density at radius 3 is 2.56 bits per heavy atom. The standard InChI is InChI=1S/C24H30F2N4O2/c1-14-6-7-19-23(30(14)15(2)31)22(26)21(25)20(24(19)32-18-4-3-5-18)16-12-28-29(13-16)17-8-10-27-11-9-17/h12-14,17-18,27H,3-11H2,1-2H3. The number of hydrogen-bond donors (Lipinski definition) is 1. The van der Waals surface area contributed by atoms with E-state index >= 15 is 8.78 Å². The molecule has 32 heavy (non-hydrogen) atoms. The highest BCUT2D eigenvalue weighted by Gasteiger charge is 2.37. The van der Waals surface area contributed by atoms with E-state index in [1.807, 2.05) is 17.8 Å². The third-order valence-electron chi connectivity index (χ3n) is 7.15. The Morgan fingerprint density at radius 1 is 1.16 bits per heavy atom. The Labute approximate surface area is 186 Å². The van der Waals surface area contributed by atoms with Gasteiger partial charge in [0.15, 0.2) is 11.6 Å². The quantitative estimate of drug-likeness (QED) is 0.761. The van der Waals surface area contributed by atoms with Crippen molar-refractivity contribution in [3.63, 3.8) is 0 Å². The van der Waals surface area contributed by atoms with Gasteiger partial charge in [0.25, 0.3) is 0 Å². The Morgan fingerprint density at radius 2 is 1.91 bits per heavy atom. The normalized spacial score (nSPS) is 21.9. The van der Waals surface area contributed by atoms with Gasteiger partial charge in [0, 0.05) is 30.3 Å². The largest absolute Gasteiger partial charge is 0.489 e. The lowest BCUT2D eigenvalue weighted by atomic mass is 9.90. The fourth-order valence-electron chi connectivity index (χ4n) is 5.14. The van der Waals surface area contributed by atoms with Crippen molar-refractivity contribution in [1.82, 2.24) is 15.1 Å². The Balaban J connectivity index is 1.65. The van der Waals surface area contributed by atoms with Gasteiger partial charge >= 0.3 is 0 Å². The summed E-state index contributed by atoms with van der Waals surface area (Å²) in [5.41, 5.74) is 1.28. The molecule has 2 aromatic rings. The molecule has 1 aliphatic carbocycles. The first-order valence-corrected chi connectivity index (χ1v) is 11.7. The van der Waals surface area contributed by atoms with Gasteiger partial charge in [0.2, 0.25) is 5.91 Å². The summed E-state index contributed by atoms with van der Waals surface area (Å²) in [6.45, 7) is 5.09. The van der Waals surface area contributed by atoms with E-state index < -0.39 is 11.6 Å². The molecule has 1 aromatic carbocycles. The van der Waals surface area contributed by atoms with Crippen molar-refractivity contribution in [1.29, 1.82) is 0 Å². The second-order valence-corrected chi connectivity index (χ2v) is 9.30. The Hall–Kier alpha value is -2.48. The predicted octanol–water partition coefficient (Wildman–Crippen LogP) is 4.37. The van der Waals surface area contributed by atoms with Gasteiger partial charge in [-0.3, -0.25) is 9.48 Å². The second kappa shape index (κ2) is 8.46. The average Bonchev–Trinajstić information content (AvgIpc) is 3.24. The summed E-state index contributed by atoms with van der Waals surface area (Å²) in [6.07, 6.45) is 9.36. The maximum Gasteiger partial charge on any atom is 0.224 e. The minimum absolute atomic E-state index is 0.00713. The first kappa shape index (κ1) is 21.4. The third kappa shape index (κ3) is 3.58. The van der Waals surface area contributed by atoms with E-state index in [2.05, 4.69) is 10.4 Å². The second-order valence-electron chi connectivity index (χ2n) is 9.30. The summed E-state index contributed by atoms with van der Waals surface area (Å²) in [7, 11) is 0. The first-order chi connectivity index (χ1) is 15.5. The van der Waals surface area contributed by atoms with Gasteiger partial charge in [-0.25, -0.2) is 8.78 Å². The number of amides is 1. The summed E-state index contributed by atoms with van der Waals surface area (Å²) in [4.78, 5) is 13.7. The molecule has 0 bridgehead atoms. The van der Waals surface area contributed by atoms with E-state index in [0.29, 0.717) is 29.7 Å². The van der Waals surface area contributed by atoms with Gasteiger partial charge in [-0.15, -0.1) is 0 Å². The van der Waals surface area contributed by atoms with E-state index in [4.69, 9.17) is 4.74 Å². The van der Waals surface area contributed by atoms with Crippen LogP contribution in [0.25, 0.3) is 11.1 Å². The van der Waals surface area contributed by atoms with E-state index in [9.17, 15) is 4.79 Å². The molecule has 1 aromatic heterocycles. The van der Waals surface area contributed by atoms with Crippen LogP contribution in [0.5, 0.6) is 5.75 Å². The number of anilines is 1. The number of benzene rings is 1. The molecule has 1 unspecified atom stereocenters. The van der Waals surface area contributed by atoms with E-state index in [1.54, 1.807) is 6.20 Å². The van der Waals surface area contributed by atoms with Crippen LogP contribution < -0.4 is 15.0 Å². The van der Waals surface area contributed by atoms with Gasteiger partial charge in [-0.05, 0) is 65.0 Å². The molecular formula is C24H30F2N4O2. The van der Waals surface area contributed by atoms with Crippen LogP contribution in [0.1, 0.15) is 64.0 Å². The van der Waals surface area contributed by atoms with Crippen LogP contribution in [-0.4, -0.2) is 40.9 Å². The SMILES string of the molecule is CC(=O)N1c2c(F)c(F)c(-c3cnn(C4CCNCC4)c3)c(OC3CCC3)c2CCC1C. The maximum atomic E-state index is 15.7. The number of ether oxygens (including phenoxy) is 1. The molecule has 1 saturated carbocycles. The minimum atomic E-state index is -0.979. The summed E-state index contributed by atoms with van der Waals surface area (Å²) >= 11 is 0. The van der Waals surface area contributed by atoms with Crippen molar-refractivity contribution in [2.45, 2.75) is 77.0 Å². The highest BCUT2D eigenvalue weighted by molar-refractivity contribution is 5.95. The molecule has 1 N–H and O–H groups in total. The number of nitrogens with zero attached hydrogens (tertiary/aromatic N) is 3. The zero-order chi connectivity index (χ0) is 22.4. The molecule has 2 aliphatic heterocycles. The third-order valence-corrected chi connectivity index (χ3v) is 7.15. The topological polar surface area (TPSA) is 59.4 Å². The molecule has 5 rings (SSSR count). The molecule has 3 heterocycles. The molecule has 8 heteroatoms. The Bertz CT molecular complexity index is 1030. The van der Waals surface area contributed by atoms with E-state index in [0.717, 1.165) is 45.2 Å². The van der Waals surface area contributed by atoms with Crippen molar-refractivity contribution in [3.8, 4) is 16.9 Å². The number of halogens is 2. The van der Waals surface area contributed by atoms with Crippen molar-refractivity contribution >= 4 is 11.6 Å². The average molecular weight is 445 g/mol. The number of carbonyl (C=O) groups is 1. The smallest absolute Gasteiger partial charge is 0.224 e. The van der Waals surface area contributed by atoms with Crippen LogP contribution in [0.15, 0.2) is 12.4 Å². The van der Waals surface area contributed by atoms with E-state index in [-0.39, 0.29) is 35.3 Å². The first-order valence-electron chi connectivity index (χ1n) is 11.7. The van der Waals surface area contributed by atoms with Crippen LogP contribution in [0.3, 0.4) is 0 Å². The number of nitrogens with one attached hydrogen (secondary N) is 1. The molecule has 1 amide bonds. The lowest BCUT2D eigenvalue weighted by Gasteiger charge is -2.37. The lowest BCUT2D eigenvalue weighted by Crippen LogP contribution is -2.42. The predicted molar refractivity (Wildman–Crippen MR) is 118 cm³/mol. The molecule has 2 fully saturated rings.